The van der Waals surface area contributed by atoms with Gasteiger partial charge in [0.15, 0.2) is 17.9 Å². The van der Waals surface area contributed by atoms with Crippen molar-refractivity contribution in [1.29, 1.82) is 0 Å². The van der Waals surface area contributed by atoms with E-state index in [0.29, 0.717) is 38.5 Å². The van der Waals surface area contributed by atoms with Crippen molar-refractivity contribution in [2.45, 2.75) is 33.0 Å². The first-order chi connectivity index (χ1) is 16.9. The number of hydrogen-bond donors (Lipinski definition) is 2. The molecule has 3 aliphatic heterocycles. The fraction of sp³-hybridized carbons (Fsp3) is 0.423. The second-order valence-electron chi connectivity index (χ2n) is 8.90. The fourth-order valence-electron chi connectivity index (χ4n) is 4.06. The van der Waals surface area contributed by atoms with Crippen molar-refractivity contribution in [3.8, 4) is 0 Å². The van der Waals surface area contributed by atoms with Crippen LogP contribution in [-0.4, -0.2) is 78.3 Å². The van der Waals surface area contributed by atoms with Crippen LogP contribution in [0.4, 0.5) is 10.5 Å². The van der Waals surface area contributed by atoms with E-state index in [1.54, 1.807) is 0 Å². The number of urea groups is 1. The maximum Gasteiger partial charge on any atom is 0.321 e. The Hall–Kier alpha value is -3.59. The molecule has 3 aliphatic rings. The van der Waals surface area contributed by atoms with E-state index in [1.807, 2.05) is 60.3 Å². The summed E-state index contributed by atoms with van der Waals surface area (Å²) in [5, 5.41) is 3.03. The minimum Gasteiger partial charge on any atom is -0.483 e. The van der Waals surface area contributed by atoms with Gasteiger partial charge in [0.1, 0.15) is 6.61 Å². The third kappa shape index (κ3) is 6.30. The predicted octanol–water partition coefficient (Wildman–Crippen LogP) is 3.15. The van der Waals surface area contributed by atoms with Gasteiger partial charge in [-0.3, -0.25) is 5.73 Å². The van der Waals surface area contributed by atoms with Crippen molar-refractivity contribution >= 4 is 23.1 Å². The number of piperazine rings is 1. The molecule has 1 unspecified atom stereocenters. The van der Waals surface area contributed by atoms with Crippen molar-refractivity contribution in [2.24, 2.45) is 15.7 Å². The van der Waals surface area contributed by atoms with Crippen LogP contribution in [-0.2, 0) is 11.2 Å². The summed E-state index contributed by atoms with van der Waals surface area (Å²) in [4.78, 5) is 28.0. The van der Waals surface area contributed by atoms with Crippen LogP contribution in [0, 0.1) is 0 Å². The number of nitrogens with one attached hydrogen (secondary N) is 1. The van der Waals surface area contributed by atoms with Crippen LogP contribution < -0.4 is 11.1 Å². The van der Waals surface area contributed by atoms with E-state index in [1.165, 1.54) is 5.56 Å². The highest BCUT2D eigenvalue weighted by Gasteiger charge is 2.25. The number of hydrogen-bond acceptors (Lipinski definition) is 7. The van der Waals surface area contributed by atoms with Crippen LogP contribution in [0.5, 0.6) is 0 Å². The van der Waals surface area contributed by atoms with Crippen LogP contribution in [0.15, 0.2) is 70.3 Å². The van der Waals surface area contributed by atoms with Crippen molar-refractivity contribution in [3.05, 3.63) is 65.8 Å². The smallest absolute Gasteiger partial charge is 0.321 e. The average molecular weight is 478 g/mol. The van der Waals surface area contributed by atoms with E-state index in [0.717, 1.165) is 35.8 Å². The van der Waals surface area contributed by atoms with Crippen LogP contribution in [0.25, 0.3) is 0 Å². The third-order valence-electron chi connectivity index (χ3n) is 6.25. The van der Waals surface area contributed by atoms with Crippen LogP contribution in [0.1, 0.15) is 25.8 Å². The van der Waals surface area contributed by atoms with Crippen LogP contribution in [0.3, 0.4) is 0 Å². The first-order valence-electron chi connectivity index (χ1n) is 12.1. The number of aliphatic imine (C=N–C) groups is 2. The van der Waals surface area contributed by atoms with Gasteiger partial charge in [0.25, 0.3) is 0 Å². The van der Waals surface area contributed by atoms with E-state index in [9.17, 15) is 4.79 Å². The van der Waals surface area contributed by atoms with E-state index >= 15 is 0 Å². The lowest BCUT2D eigenvalue weighted by atomic mass is 10.1. The van der Waals surface area contributed by atoms with Gasteiger partial charge in [-0.25, -0.2) is 14.8 Å². The van der Waals surface area contributed by atoms with Crippen molar-refractivity contribution in [1.82, 2.24) is 14.7 Å². The Morgan fingerprint density at radius 3 is 2.77 bits per heavy atom. The largest absolute Gasteiger partial charge is 0.483 e. The zero-order chi connectivity index (χ0) is 24.8. The molecular weight excluding hydrogens is 442 g/mol. The first-order valence-corrected chi connectivity index (χ1v) is 12.1. The van der Waals surface area contributed by atoms with Gasteiger partial charge in [0.05, 0.1) is 5.71 Å². The molecule has 186 valence electrons. The number of aryl methyl sites for hydroxylation is 1. The summed E-state index contributed by atoms with van der Waals surface area (Å²) >= 11 is 0. The zero-order valence-corrected chi connectivity index (χ0v) is 20.8. The Balaban J connectivity index is 1.40. The van der Waals surface area contributed by atoms with E-state index < -0.39 is 6.29 Å². The van der Waals surface area contributed by atoms with Gasteiger partial charge in [-0.15, -0.1) is 0 Å². The number of benzene rings is 1. The van der Waals surface area contributed by atoms with Gasteiger partial charge in [-0.05, 0) is 43.2 Å². The Morgan fingerprint density at radius 1 is 1.23 bits per heavy atom. The average Bonchev–Trinajstić information content (AvgIpc) is 3.06. The number of anilines is 1. The molecule has 0 bridgehead atoms. The molecule has 1 aromatic rings. The number of rotatable bonds is 6. The van der Waals surface area contributed by atoms with E-state index in [4.69, 9.17) is 15.5 Å². The first kappa shape index (κ1) is 24.5. The molecule has 1 saturated heterocycles. The summed E-state index contributed by atoms with van der Waals surface area (Å²) in [5.41, 5.74) is 9.84. The Kier molecular flexibility index (Phi) is 7.87. The molecule has 3 heterocycles. The number of carbonyl (C=O) groups excluding carboxylic acids is 1. The molecule has 0 saturated carbocycles. The lowest BCUT2D eigenvalue weighted by Crippen LogP contribution is -2.49. The molecule has 0 spiro atoms. The molecule has 0 radical (unpaired) electrons. The number of ether oxygens (including phenoxy) is 1. The normalized spacial score (nSPS) is 20.5. The molecule has 2 amide bonds. The highest BCUT2D eigenvalue weighted by atomic mass is 16.5. The molecule has 9 nitrogen and oxygen atoms in total. The van der Waals surface area contributed by atoms with Gasteiger partial charge in [0.2, 0.25) is 0 Å². The van der Waals surface area contributed by atoms with Crippen molar-refractivity contribution < 1.29 is 9.53 Å². The second kappa shape index (κ2) is 11.2. The predicted molar refractivity (Wildman–Crippen MR) is 140 cm³/mol. The van der Waals surface area contributed by atoms with Crippen molar-refractivity contribution in [2.75, 3.05) is 45.2 Å². The third-order valence-corrected chi connectivity index (χ3v) is 6.25. The summed E-state index contributed by atoms with van der Waals surface area (Å²) in [7, 11) is 1.89. The topological polar surface area (TPSA) is 98.8 Å². The minimum atomic E-state index is -0.402. The second-order valence-corrected chi connectivity index (χ2v) is 8.90. The Bertz CT molecular complexity index is 1080. The monoisotopic (exact) mass is 477 g/mol. The molecule has 3 N–H and O–H groups in total. The van der Waals surface area contributed by atoms with Gasteiger partial charge in [-0.1, -0.05) is 25.1 Å². The number of carbonyl (C=O) groups is 1. The molecule has 0 aliphatic carbocycles. The molecule has 1 fully saturated rings. The SMILES string of the molecule is CCc1cccc(NC(=O)N2CCN(C3=C(OCC4=NC(N)N(C)C=C4)C=CCC(C)=N3)CC2)c1. The zero-order valence-electron chi connectivity index (χ0n) is 20.8. The standard InChI is InChI=1S/C26H35N7O2/c1-4-20-8-6-9-21(17-20)30-26(34)33-15-13-32(14-16-33)24-23(10-5-7-19(2)28-24)35-18-22-11-12-31(3)25(27)29-22/h5-6,8-12,17,25H,4,7,13-16,18,27H2,1-3H3,(H,30,34). The van der Waals surface area contributed by atoms with Crippen LogP contribution in [0.2, 0.25) is 0 Å². The Labute approximate surface area is 207 Å². The number of allylic oxidation sites excluding steroid dienone is 2. The molecule has 1 aromatic carbocycles. The molecule has 9 heteroatoms. The quantitative estimate of drug-likeness (QED) is 0.656. The molecule has 1 atom stereocenters. The lowest BCUT2D eigenvalue weighted by Gasteiger charge is -2.36. The highest BCUT2D eigenvalue weighted by Crippen LogP contribution is 2.22. The summed E-state index contributed by atoms with van der Waals surface area (Å²) in [6.45, 7) is 6.99. The maximum atomic E-state index is 12.8. The van der Waals surface area contributed by atoms with Crippen LogP contribution >= 0.6 is 0 Å². The summed E-state index contributed by atoms with van der Waals surface area (Å²) < 4.78 is 6.17. The minimum absolute atomic E-state index is 0.0767. The molecule has 0 aromatic heterocycles. The number of nitrogens with two attached hydrogens (primary N) is 1. The highest BCUT2D eigenvalue weighted by molar-refractivity contribution is 5.96. The Morgan fingerprint density at radius 2 is 2.03 bits per heavy atom. The lowest BCUT2D eigenvalue weighted by molar-refractivity contribution is 0.160. The molecule has 4 rings (SSSR count). The number of nitrogens with zero attached hydrogens (tertiary/aromatic N) is 5. The van der Waals surface area contributed by atoms with Gasteiger partial charge in [0, 0.05) is 57.2 Å². The molecule has 35 heavy (non-hydrogen) atoms. The number of amides is 2. The summed E-state index contributed by atoms with van der Waals surface area (Å²) in [6.07, 6.45) is 9.16. The maximum absolute atomic E-state index is 12.8. The fourth-order valence-corrected chi connectivity index (χ4v) is 4.06. The molecular formula is C26H35N7O2. The van der Waals surface area contributed by atoms with Gasteiger partial charge >= 0.3 is 6.03 Å². The summed E-state index contributed by atoms with van der Waals surface area (Å²) in [5.74, 6) is 1.51. The van der Waals surface area contributed by atoms with Gasteiger partial charge < -0.3 is 24.8 Å². The van der Waals surface area contributed by atoms with Gasteiger partial charge in [-0.2, -0.15) is 0 Å². The van der Waals surface area contributed by atoms with Crippen molar-refractivity contribution in [3.63, 3.8) is 0 Å². The van der Waals surface area contributed by atoms with E-state index in [2.05, 4.69) is 34.3 Å². The van der Waals surface area contributed by atoms with E-state index in [-0.39, 0.29) is 6.03 Å². The summed E-state index contributed by atoms with van der Waals surface area (Å²) in [6, 6.07) is 7.91.